The van der Waals surface area contributed by atoms with E-state index < -0.39 is 0 Å². The molecule has 20 heavy (non-hydrogen) atoms. The maximum atomic E-state index is 11.3. The van der Waals surface area contributed by atoms with Gasteiger partial charge in [-0.3, -0.25) is 14.9 Å². The van der Waals surface area contributed by atoms with Gasteiger partial charge in [0.25, 0.3) is 5.69 Å². The minimum absolute atomic E-state index is 0.110. The fourth-order valence-corrected chi connectivity index (χ4v) is 2.90. The highest BCUT2D eigenvalue weighted by Gasteiger charge is 2.19. The molecule has 0 heterocycles. The van der Waals surface area contributed by atoms with Gasteiger partial charge in [0.15, 0.2) is 0 Å². The van der Waals surface area contributed by atoms with Gasteiger partial charge in [-0.25, -0.2) is 0 Å². The summed E-state index contributed by atoms with van der Waals surface area (Å²) < 4.78 is 4.87. The number of aryl methyl sites for hydroxylation is 1. The van der Waals surface area contributed by atoms with Crippen molar-refractivity contribution in [2.45, 2.75) is 43.8 Å². The van der Waals surface area contributed by atoms with Gasteiger partial charge in [0.05, 0.1) is 16.4 Å². The van der Waals surface area contributed by atoms with Gasteiger partial charge in [-0.15, -0.1) is 11.8 Å². The van der Waals surface area contributed by atoms with Gasteiger partial charge in [-0.05, 0) is 25.8 Å². The van der Waals surface area contributed by atoms with E-state index in [-0.39, 0.29) is 21.8 Å². The van der Waals surface area contributed by atoms with Crippen LogP contribution in [0.2, 0.25) is 0 Å². The molecule has 5 nitrogen and oxygen atoms in total. The van der Waals surface area contributed by atoms with Crippen molar-refractivity contribution in [3.63, 3.8) is 0 Å². The fourth-order valence-electron chi connectivity index (χ4n) is 1.75. The first kappa shape index (κ1) is 16.5. The molecule has 110 valence electrons. The monoisotopic (exact) mass is 297 g/mol. The largest absolute Gasteiger partial charge is 0.466 e. The van der Waals surface area contributed by atoms with Gasteiger partial charge in [-0.1, -0.05) is 19.1 Å². The number of benzene rings is 1. The van der Waals surface area contributed by atoms with Crippen LogP contribution in [0.25, 0.3) is 0 Å². The lowest BCUT2D eigenvalue weighted by atomic mass is 10.2. The van der Waals surface area contributed by atoms with Crippen molar-refractivity contribution in [3.05, 3.63) is 33.9 Å². The minimum Gasteiger partial charge on any atom is -0.466 e. The molecule has 0 saturated carbocycles. The standard InChI is InChI=1S/C14H19NO4S/c1-4-19-13(16)9-8-11(3)20-14-10(2)6-5-7-12(14)15(17)18/h5-7,11H,4,8-9H2,1-3H3/t11-/m0/s1. The Morgan fingerprint density at radius 2 is 2.20 bits per heavy atom. The minimum atomic E-state index is -0.368. The van der Waals surface area contributed by atoms with E-state index in [1.807, 2.05) is 19.9 Å². The van der Waals surface area contributed by atoms with E-state index in [1.54, 1.807) is 13.0 Å². The van der Waals surface area contributed by atoms with Gasteiger partial charge in [0, 0.05) is 17.7 Å². The summed E-state index contributed by atoms with van der Waals surface area (Å²) in [6.07, 6.45) is 0.969. The predicted octanol–water partition coefficient (Wildman–Crippen LogP) is 3.73. The smallest absolute Gasteiger partial charge is 0.305 e. The van der Waals surface area contributed by atoms with Gasteiger partial charge >= 0.3 is 5.97 Å². The summed E-state index contributed by atoms with van der Waals surface area (Å²) in [6.45, 7) is 5.96. The van der Waals surface area contributed by atoms with Gasteiger partial charge in [0.2, 0.25) is 0 Å². The number of ether oxygens (including phenoxy) is 1. The van der Waals surface area contributed by atoms with Crippen molar-refractivity contribution in [2.75, 3.05) is 6.61 Å². The molecule has 0 aromatic heterocycles. The van der Waals surface area contributed by atoms with Crippen LogP contribution >= 0.6 is 11.8 Å². The van der Waals surface area contributed by atoms with E-state index in [2.05, 4.69) is 0 Å². The zero-order chi connectivity index (χ0) is 15.1. The third kappa shape index (κ3) is 4.85. The molecule has 0 bridgehead atoms. The van der Waals surface area contributed by atoms with Crippen LogP contribution in [0.4, 0.5) is 5.69 Å². The first-order chi connectivity index (χ1) is 9.45. The first-order valence-corrected chi connectivity index (χ1v) is 7.40. The van der Waals surface area contributed by atoms with Crippen LogP contribution in [0.3, 0.4) is 0 Å². The molecule has 0 aliphatic heterocycles. The first-order valence-electron chi connectivity index (χ1n) is 6.52. The van der Waals surface area contributed by atoms with Crippen molar-refractivity contribution in [2.24, 2.45) is 0 Å². The van der Waals surface area contributed by atoms with Crippen molar-refractivity contribution in [3.8, 4) is 0 Å². The van der Waals surface area contributed by atoms with E-state index in [0.717, 1.165) is 5.56 Å². The number of thioether (sulfide) groups is 1. The Balaban J connectivity index is 2.68. The Bertz CT molecular complexity index is 490. The zero-order valence-electron chi connectivity index (χ0n) is 11.9. The van der Waals surface area contributed by atoms with Crippen molar-refractivity contribution in [1.29, 1.82) is 0 Å². The number of rotatable bonds is 7. The molecule has 0 N–H and O–H groups in total. The van der Waals surface area contributed by atoms with Crippen molar-refractivity contribution >= 4 is 23.4 Å². The summed E-state index contributed by atoms with van der Waals surface area (Å²) in [5.41, 5.74) is 1.00. The number of hydrogen-bond acceptors (Lipinski definition) is 5. The molecule has 0 unspecified atom stereocenters. The lowest BCUT2D eigenvalue weighted by Crippen LogP contribution is -2.07. The molecule has 6 heteroatoms. The average molecular weight is 297 g/mol. The Morgan fingerprint density at radius 1 is 1.50 bits per heavy atom. The Labute approximate surface area is 122 Å². The molecule has 0 aliphatic carbocycles. The van der Waals surface area contributed by atoms with E-state index in [9.17, 15) is 14.9 Å². The molecule has 1 atom stereocenters. The summed E-state index contributed by atoms with van der Waals surface area (Å²) in [4.78, 5) is 22.6. The molecular weight excluding hydrogens is 278 g/mol. The number of esters is 1. The predicted molar refractivity (Wildman–Crippen MR) is 79.0 cm³/mol. The second-order valence-electron chi connectivity index (χ2n) is 4.45. The van der Waals surface area contributed by atoms with Gasteiger partial charge in [-0.2, -0.15) is 0 Å². The lowest BCUT2D eigenvalue weighted by molar-refractivity contribution is -0.387. The number of nitro groups is 1. The van der Waals surface area contributed by atoms with Crippen LogP contribution in [0, 0.1) is 17.0 Å². The summed E-state index contributed by atoms with van der Waals surface area (Å²) in [5.74, 6) is -0.223. The van der Waals surface area contributed by atoms with E-state index in [4.69, 9.17) is 4.74 Å². The van der Waals surface area contributed by atoms with E-state index in [1.165, 1.54) is 17.8 Å². The second-order valence-corrected chi connectivity index (χ2v) is 5.90. The normalized spacial score (nSPS) is 11.9. The van der Waals surface area contributed by atoms with Gasteiger partial charge in [0.1, 0.15) is 0 Å². The summed E-state index contributed by atoms with van der Waals surface area (Å²) in [6, 6.07) is 5.04. The van der Waals surface area contributed by atoms with Gasteiger partial charge < -0.3 is 4.74 Å². The fraction of sp³-hybridized carbons (Fsp3) is 0.500. The second kappa shape index (κ2) is 7.89. The Morgan fingerprint density at radius 3 is 2.80 bits per heavy atom. The van der Waals surface area contributed by atoms with Crippen LogP contribution in [0.5, 0.6) is 0 Å². The van der Waals surface area contributed by atoms with E-state index >= 15 is 0 Å². The molecule has 0 aliphatic rings. The highest BCUT2D eigenvalue weighted by molar-refractivity contribution is 8.00. The number of carbonyl (C=O) groups excluding carboxylic acids is 1. The molecule has 0 fully saturated rings. The maximum Gasteiger partial charge on any atom is 0.305 e. The van der Waals surface area contributed by atoms with E-state index in [0.29, 0.717) is 24.3 Å². The van der Waals surface area contributed by atoms with Crippen LogP contribution in [-0.2, 0) is 9.53 Å². The summed E-state index contributed by atoms with van der Waals surface area (Å²) in [5, 5.41) is 11.1. The number of nitrogens with zero attached hydrogens (tertiary/aromatic N) is 1. The third-order valence-electron chi connectivity index (χ3n) is 2.77. The third-order valence-corrected chi connectivity index (χ3v) is 4.17. The quantitative estimate of drug-likeness (QED) is 0.332. The maximum absolute atomic E-state index is 11.3. The molecule has 0 spiro atoms. The molecule has 1 aromatic carbocycles. The molecular formula is C14H19NO4S. The van der Waals surface area contributed by atoms with Crippen molar-refractivity contribution < 1.29 is 14.5 Å². The number of hydrogen-bond donors (Lipinski definition) is 0. The summed E-state index contributed by atoms with van der Waals surface area (Å²) in [7, 11) is 0. The topological polar surface area (TPSA) is 69.4 Å². The number of nitro benzene ring substituents is 1. The molecule has 1 rings (SSSR count). The lowest BCUT2D eigenvalue weighted by Gasteiger charge is -2.12. The Hall–Kier alpha value is -1.56. The zero-order valence-corrected chi connectivity index (χ0v) is 12.7. The van der Waals surface area contributed by atoms with Crippen LogP contribution in [0.15, 0.2) is 23.1 Å². The average Bonchev–Trinajstić information content (AvgIpc) is 2.39. The number of carbonyl (C=O) groups is 1. The van der Waals surface area contributed by atoms with Crippen molar-refractivity contribution in [1.82, 2.24) is 0 Å². The SMILES string of the molecule is CCOC(=O)CC[C@H](C)Sc1c(C)cccc1[N+](=O)[O-]. The molecule has 0 radical (unpaired) electrons. The molecule has 0 saturated heterocycles. The Kier molecular flexibility index (Phi) is 6.51. The highest BCUT2D eigenvalue weighted by Crippen LogP contribution is 2.36. The van der Waals surface area contributed by atoms with Crippen LogP contribution < -0.4 is 0 Å². The highest BCUT2D eigenvalue weighted by atomic mass is 32.2. The molecule has 1 aromatic rings. The molecule has 0 amide bonds. The summed E-state index contributed by atoms with van der Waals surface area (Å²) >= 11 is 1.44. The van der Waals surface area contributed by atoms with Crippen LogP contribution in [0.1, 0.15) is 32.3 Å². The van der Waals surface area contributed by atoms with Crippen LogP contribution in [-0.4, -0.2) is 22.7 Å².